The molecule has 0 bridgehead atoms. The van der Waals surface area contributed by atoms with Crippen LogP contribution in [0.5, 0.6) is 5.75 Å². The van der Waals surface area contributed by atoms with Crippen molar-refractivity contribution in [3.05, 3.63) is 54.0 Å². The van der Waals surface area contributed by atoms with Crippen LogP contribution in [0.3, 0.4) is 0 Å². The molecule has 9 nitrogen and oxygen atoms in total. The molecule has 0 saturated heterocycles. The van der Waals surface area contributed by atoms with E-state index in [9.17, 15) is 14.4 Å². The molecule has 2 aromatic rings. The Labute approximate surface area is 199 Å². The summed E-state index contributed by atoms with van der Waals surface area (Å²) in [6.45, 7) is 0.134. The average molecular weight is 472 g/mol. The predicted molar refractivity (Wildman–Crippen MR) is 125 cm³/mol. The summed E-state index contributed by atoms with van der Waals surface area (Å²) in [6.07, 6.45) is 6.55. The van der Waals surface area contributed by atoms with Crippen LogP contribution in [-0.2, 0) is 14.3 Å². The molecule has 3 rings (SSSR count). The second kappa shape index (κ2) is 12.8. The van der Waals surface area contributed by atoms with Gasteiger partial charge in [-0.1, -0.05) is 31.4 Å². The van der Waals surface area contributed by atoms with Gasteiger partial charge >= 0.3 is 0 Å². The zero-order valence-electron chi connectivity index (χ0n) is 19.7. The highest BCUT2D eigenvalue weighted by molar-refractivity contribution is 5.95. The quantitative estimate of drug-likeness (QED) is 0.521. The summed E-state index contributed by atoms with van der Waals surface area (Å²) in [5.74, 6) is -0.401. The van der Waals surface area contributed by atoms with Crippen molar-refractivity contribution in [1.82, 2.24) is 15.5 Å². The van der Waals surface area contributed by atoms with E-state index in [1.807, 2.05) is 0 Å². The van der Waals surface area contributed by atoms with E-state index in [-0.39, 0.29) is 37.4 Å². The Morgan fingerprint density at radius 3 is 2.44 bits per heavy atom. The van der Waals surface area contributed by atoms with Crippen molar-refractivity contribution in [1.29, 1.82) is 0 Å². The number of amides is 3. The summed E-state index contributed by atoms with van der Waals surface area (Å²) in [6, 6.07) is 9.38. The molecule has 0 spiro atoms. The Balaban J connectivity index is 1.82. The first-order valence-electron chi connectivity index (χ1n) is 11.6. The van der Waals surface area contributed by atoms with Crippen LogP contribution in [0.4, 0.5) is 0 Å². The molecular weight excluding hydrogens is 438 g/mol. The monoisotopic (exact) mass is 471 g/mol. The van der Waals surface area contributed by atoms with Gasteiger partial charge < -0.3 is 29.4 Å². The van der Waals surface area contributed by atoms with Crippen LogP contribution in [0.25, 0.3) is 0 Å². The van der Waals surface area contributed by atoms with Gasteiger partial charge in [0.2, 0.25) is 11.8 Å². The number of nitrogens with one attached hydrogen (secondary N) is 2. The van der Waals surface area contributed by atoms with Crippen LogP contribution < -0.4 is 15.4 Å². The molecule has 1 fully saturated rings. The average Bonchev–Trinajstić information content (AvgIpc) is 3.41. The van der Waals surface area contributed by atoms with Gasteiger partial charge in [0.1, 0.15) is 11.8 Å². The molecule has 3 amide bonds. The van der Waals surface area contributed by atoms with E-state index in [2.05, 4.69) is 10.6 Å². The van der Waals surface area contributed by atoms with Gasteiger partial charge in [-0.2, -0.15) is 0 Å². The van der Waals surface area contributed by atoms with Crippen molar-refractivity contribution in [2.24, 2.45) is 0 Å². The maximum absolute atomic E-state index is 13.5. The van der Waals surface area contributed by atoms with Crippen molar-refractivity contribution in [2.45, 2.75) is 44.2 Å². The Bertz CT molecular complexity index is 923. The number of benzene rings is 1. The predicted octanol–water partition coefficient (Wildman–Crippen LogP) is 2.68. The van der Waals surface area contributed by atoms with Gasteiger partial charge in [-0.15, -0.1) is 0 Å². The van der Waals surface area contributed by atoms with E-state index in [0.29, 0.717) is 11.3 Å². The standard InChI is InChI=1S/C25H33N3O6/c1-32-16-14-28(22(29)17-26-24(30)21-9-6-15-34-21)23(18-10-12-20(33-2)13-11-18)25(31)27-19-7-4-3-5-8-19/h6,9-13,15,19,23H,3-5,7-8,14,16-17H2,1-2H3,(H,26,30)(H,27,31). The zero-order valence-corrected chi connectivity index (χ0v) is 19.7. The van der Waals surface area contributed by atoms with E-state index < -0.39 is 17.9 Å². The van der Waals surface area contributed by atoms with Crippen molar-refractivity contribution in [3.63, 3.8) is 0 Å². The first-order valence-corrected chi connectivity index (χ1v) is 11.6. The molecule has 1 aromatic heterocycles. The van der Waals surface area contributed by atoms with Crippen molar-refractivity contribution >= 4 is 17.7 Å². The van der Waals surface area contributed by atoms with Gasteiger partial charge in [-0.3, -0.25) is 14.4 Å². The lowest BCUT2D eigenvalue weighted by atomic mass is 9.94. The number of ether oxygens (including phenoxy) is 2. The molecule has 2 N–H and O–H groups in total. The fourth-order valence-electron chi connectivity index (χ4n) is 4.13. The number of hydrogen-bond donors (Lipinski definition) is 2. The lowest BCUT2D eigenvalue weighted by Gasteiger charge is -2.33. The minimum absolute atomic E-state index is 0.0834. The van der Waals surface area contributed by atoms with Crippen molar-refractivity contribution in [3.8, 4) is 5.75 Å². The SMILES string of the molecule is COCCN(C(=O)CNC(=O)c1ccco1)C(C(=O)NC1CCCCC1)c1ccc(OC)cc1. The van der Waals surface area contributed by atoms with Crippen LogP contribution in [0.15, 0.2) is 47.1 Å². The van der Waals surface area contributed by atoms with E-state index >= 15 is 0 Å². The van der Waals surface area contributed by atoms with E-state index in [0.717, 1.165) is 25.7 Å². The van der Waals surface area contributed by atoms with Gasteiger partial charge in [0.25, 0.3) is 5.91 Å². The first kappa shape index (κ1) is 25.3. The van der Waals surface area contributed by atoms with E-state index in [1.165, 1.54) is 30.8 Å². The minimum Gasteiger partial charge on any atom is -0.497 e. The summed E-state index contributed by atoms with van der Waals surface area (Å²) in [7, 11) is 3.10. The van der Waals surface area contributed by atoms with Gasteiger partial charge in [0.05, 0.1) is 26.5 Å². The largest absolute Gasteiger partial charge is 0.497 e. The molecule has 0 aliphatic heterocycles. The van der Waals surface area contributed by atoms with E-state index in [1.54, 1.807) is 37.4 Å². The molecule has 1 atom stereocenters. The molecule has 34 heavy (non-hydrogen) atoms. The van der Waals surface area contributed by atoms with Crippen LogP contribution in [-0.4, -0.2) is 62.6 Å². The number of carbonyl (C=O) groups excluding carboxylic acids is 3. The molecule has 1 aliphatic carbocycles. The third kappa shape index (κ3) is 6.84. The summed E-state index contributed by atoms with van der Waals surface area (Å²) < 4.78 is 15.5. The molecular formula is C25H33N3O6. The lowest BCUT2D eigenvalue weighted by Crippen LogP contribution is -2.50. The molecule has 1 heterocycles. The highest BCUT2D eigenvalue weighted by Gasteiger charge is 2.33. The van der Waals surface area contributed by atoms with Crippen LogP contribution in [0.2, 0.25) is 0 Å². The van der Waals surface area contributed by atoms with Crippen molar-refractivity contribution < 1.29 is 28.3 Å². The van der Waals surface area contributed by atoms with Crippen LogP contribution >= 0.6 is 0 Å². The number of nitrogens with zero attached hydrogens (tertiary/aromatic N) is 1. The van der Waals surface area contributed by atoms with Crippen molar-refractivity contribution in [2.75, 3.05) is 33.9 Å². The molecule has 184 valence electrons. The normalized spacial score (nSPS) is 14.8. The topological polar surface area (TPSA) is 110 Å². The summed E-state index contributed by atoms with van der Waals surface area (Å²) >= 11 is 0. The number of furan rings is 1. The second-order valence-corrected chi connectivity index (χ2v) is 8.26. The van der Waals surface area contributed by atoms with Gasteiger partial charge in [0, 0.05) is 19.7 Å². The lowest BCUT2D eigenvalue weighted by molar-refractivity contribution is -0.141. The fourth-order valence-corrected chi connectivity index (χ4v) is 4.13. The summed E-state index contributed by atoms with van der Waals surface area (Å²) in [4.78, 5) is 40.5. The Morgan fingerprint density at radius 1 is 1.09 bits per heavy atom. The third-order valence-electron chi connectivity index (χ3n) is 5.94. The van der Waals surface area contributed by atoms with E-state index in [4.69, 9.17) is 13.9 Å². The maximum atomic E-state index is 13.5. The molecule has 1 unspecified atom stereocenters. The molecule has 9 heteroatoms. The Kier molecular flexibility index (Phi) is 9.51. The minimum atomic E-state index is -0.879. The smallest absolute Gasteiger partial charge is 0.287 e. The summed E-state index contributed by atoms with van der Waals surface area (Å²) in [5.41, 5.74) is 0.649. The van der Waals surface area contributed by atoms with Gasteiger partial charge in [-0.05, 0) is 42.7 Å². The third-order valence-corrected chi connectivity index (χ3v) is 5.94. The highest BCUT2D eigenvalue weighted by atomic mass is 16.5. The summed E-state index contributed by atoms with van der Waals surface area (Å²) in [5, 5.41) is 5.71. The highest BCUT2D eigenvalue weighted by Crippen LogP contribution is 2.25. The Hall–Kier alpha value is -3.33. The number of rotatable bonds is 11. The number of hydrogen-bond acceptors (Lipinski definition) is 6. The zero-order chi connectivity index (χ0) is 24.3. The molecule has 0 radical (unpaired) electrons. The first-order chi connectivity index (χ1) is 16.5. The molecule has 1 aromatic carbocycles. The molecule has 1 aliphatic rings. The Morgan fingerprint density at radius 2 is 1.82 bits per heavy atom. The number of methoxy groups -OCH3 is 2. The van der Waals surface area contributed by atoms with Gasteiger partial charge in [0.15, 0.2) is 5.76 Å². The number of carbonyl (C=O) groups is 3. The fraction of sp³-hybridized carbons (Fsp3) is 0.480. The van der Waals surface area contributed by atoms with Gasteiger partial charge in [-0.25, -0.2) is 0 Å². The molecule has 1 saturated carbocycles. The maximum Gasteiger partial charge on any atom is 0.287 e. The van der Waals surface area contributed by atoms with Crippen LogP contribution in [0.1, 0.15) is 54.3 Å². The second-order valence-electron chi connectivity index (χ2n) is 8.26. The van der Waals surface area contributed by atoms with Crippen LogP contribution in [0, 0.1) is 0 Å².